The molecular weight excluding hydrogens is 136 g/mol. The van der Waals surface area contributed by atoms with Crippen molar-refractivity contribution in [2.75, 3.05) is 0 Å². The molecule has 0 saturated carbocycles. The van der Waals surface area contributed by atoms with E-state index in [-0.39, 0.29) is 12.6 Å². The number of nitrogens with zero attached hydrogens (tertiary/aromatic N) is 2. The summed E-state index contributed by atoms with van der Waals surface area (Å²) in [5.74, 6) is 0. The smallest absolute Gasteiger partial charge is 0.295 e. The van der Waals surface area contributed by atoms with Gasteiger partial charge in [-0.1, -0.05) is 0 Å². The Morgan fingerprint density at radius 3 is 1.60 bits per heavy atom. The normalized spacial score (nSPS) is 12.2. The number of urea groups is 1. The molecule has 0 unspecified atom stereocenters. The molecular formula is C5H4N2O3. The van der Waals surface area contributed by atoms with Gasteiger partial charge >= 0.3 is 6.03 Å². The molecule has 0 radical (unpaired) electrons. The molecule has 2 amide bonds. The number of hydrogen-bond acceptors (Lipinski definition) is 3. The third-order valence-electron chi connectivity index (χ3n) is 0.492. The highest BCUT2D eigenvalue weighted by molar-refractivity contribution is 6.25. The fourth-order valence-corrected chi connectivity index (χ4v) is 0.228. The van der Waals surface area contributed by atoms with Crippen molar-refractivity contribution in [1.82, 2.24) is 0 Å². The highest BCUT2D eigenvalue weighted by Crippen LogP contribution is 1.81. The van der Waals surface area contributed by atoms with Crippen LogP contribution in [0.1, 0.15) is 0 Å². The Balaban J connectivity index is 0.000000180. The molecule has 1 heterocycles. The van der Waals surface area contributed by atoms with E-state index in [9.17, 15) is 4.79 Å². The molecule has 52 valence electrons. The SMILES string of the molecule is O=C1N=CC=N1.O=CC=O. The molecule has 0 fully saturated rings. The zero-order chi connectivity index (χ0) is 7.82. The lowest BCUT2D eigenvalue weighted by molar-refractivity contribution is -0.122. The molecule has 1 aliphatic heterocycles. The number of carbonyl (C=O) groups is 3. The summed E-state index contributed by atoms with van der Waals surface area (Å²) in [6.45, 7) is 0. The van der Waals surface area contributed by atoms with Crippen molar-refractivity contribution in [2.45, 2.75) is 0 Å². The van der Waals surface area contributed by atoms with E-state index in [1.54, 1.807) is 0 Å². The van der Waals surface area contributed by atoms with Crippen molar-refractivity contribution in [3.8, 4) is 0 Å². The third kappa shape index (κ3) is 4.51. The number of hydrogen-bond donors (Lipinski definition) is 0. The van der Waals surface area contributed by atoms with Gasteiger partial charge in [-0.15, -0.1) is 0 Å². The molecule has 5 heteroatoms. The highest BCUT2D eigenvalue weighted by atomic mass is 16.2. The number of aliphatic imine (C=N–C) groups is 2. The molecule has 10 heavy (non-hydrogen) atoms. The summed E-state index contributed by atoms with van der Waals surface area (Å²) in [4.78, 5) is 34.0. The minimum Gasteiger partial charge on any atom is -0.295 e. The van der Waals surface area contributed by atoms with Crippen molar-refractivity contribution < 1.29 is 14.4 Å². The Hall–Kier alpha value is -1.65. The van der Waals surface area contributed by atoms with Gasteiger partial charge in [0.05, 0.1) is 12.4 Å². The molecule has 0 saturated heterocycles. The maximum atomic E-state index is 9.85. The summed E-state index contributed by atoms with van der Waals surface area (Å²) >= 11 is 0. The minimum absolute atomic E-state index is 0.194. The lowest BCUT2D eigenvalue weighted by Gasteiger charge is -1.62. The van der Waals surface area contributed by atoms with Gasteiger partial charge < -0.3 is 0 Å². The first kappa shape index (κ1) is 8.35. The van der Waals surface area contributed by atoms with Crippen LogP contribution < -0.4 is 0 Å². The second kappa shape index (κ2) is 5.49. The Morgan fingerprint density at radius 2 is 1.50 bits per heavy atom. The Labute approximate surface area is 56.5 Å². The van der Waals surface area contributed by atoms with Crippen LogP contribution in [0.2, 0.25) is 0 Å². The number of amides is 2. The van der Waals surface area contributed by atoms with Gasteiger partial charge in [-0.2, -0.15) is 9.98 Å². The van der Waals surface area contributed by atoms with Crippen molar-refractivity contribution in [1.29, 1.82) is 0 Å². The third-order valence-corrected chi connectivity index (χ3v) is 0.492. The summed E-state index contributed by atoms with van der Waals surface area (Å²) in [5.41, 5.74) is 0. The maximum Gasteiger partial charge on any atom is 0.367 e. The van der Waals surface area contributed by atoms with Gasteiger partial charge in [0.1, 0.15) is 0 Å². The molecule has 0 bridgehead atoms. The van der Waals surface area contributed by atoms with Crippen molar-refractivity contribution in [3.05, 3.63) is 0 Å². The second-order valence-electron chi connectivity index (χ2n) is 1.11. The molecule has 0 aliphatic carbocycles. The van der Waals surface area contributed by atoms with Crippen molar-refractivity contribution >= 4 is 31.0 Å². The summed E-state index contributed by atoms with van der Waals surface area (Å²) in [7, 11) is 0. The number of carbonyl (C=O) groups excluding carboxylic acids is 3. The monoisotopic (exact) mass is 140 g/mol. The standard InChI is InChI=1S/C3H2N2O.C2H2O2/c6-3-4-1-2-5-3;3-1-2-4/h1-2H;1-2H. The first-order valence-electron chi connectivity index (χ1n) is 2.31. The van der Waals surface area contributed by atoms with Gasteiger partial charge in [-0.05, 0) is 0 Å². The van der Waals surface area contributed by atoms with E-state index in [0.717, 1.165) is 0 Å². The fraction of sp³-hybridized carbons (Fsp3) is 0. The van der Waals surface area contributed by atoms with Crippen LogP contribution in [0.3, 0.4) is 0 Å². The molecule has 0 spiro atoms. The first-order valence-corrected chi connectivity index (χ1v) is 2.31. The van der Waals surface area contributed by atoms with E-state index in [1.165, 1.54) is 12.4 Å². The average molecular weight is 140 g/mol. The van der Waals surface area contributed by atoms with Crippen LogP contribution in [0, 0.1) is 0 Å². The molecule has 0 aromatic heterocycles. The van der Waals surface area contributed by atoms with Crippen LogP contribution in [-0.4, -0.2) is 31.0 Å². The summed E-state index contributed by atoms with van der Waals surface area (Å²) in [6.07, 6.45) is 3.12. The van der Waals surface area contributed by atoms with E-state index >= 15 is 0 Å². The van der Waals surface area contributed by atoms with E-state index in [0.29, 0.717) is 0 Å². The Morgan fingerprint density at radius 1 is 1.10 bits per heavy atom. The van der Waals surface area contributed by atoms with Gasteiger partial charge in [-0.25, -0.2) is 4.79 Å². The molecule has 0 aromatic rings. The zero-order valence-electron chi connectivity index (χ0n) is 4.93. The zero-order valence-corrected chi connectivity index (χ0v) is 4.93. The van der Waals surface area contributed by atoms with Crippen LogP contribution >= 0.6 is 0 Å². The van der Waals surface area contributed by atoms with Gasteiger partial charge in [0.2, 0.25) is 0 Å². The number of rotatable bonds is 1. The van der Waals surface area contributed by atoms with Crippen molar-refractivity contribution in [3.63, 3.8) is 0 Å². The van der Waals surface area contributed by atoms with E-state index < -0.39 is 6.03 Å². The van der Waals surface area contributed by atoms with Crippen LogP contribution in [-0.2, 0) is 9.59 Å². The molecule has 5 nitrogen and oxygen atoms in total. The summed E-state index contributed by atoms with van der Waals surface area (Å²) in [5, 5.41) is 0. The van der Waals surface area contributed by atoms with Crippen LogP contribution in [0.25, 0.3) is 0 Å². The van der Waals surface area contributed by atoms with Crippen LogP contribution in [0.15, 0.2) is 9.98 Å². The van der Waals surface area contributed by atoms with Gasteiger partial charge in [0, 0.05) is 0 Å². The van der Waals surface area contributed by atoms with E-state index in [2.05, 4.69) is 9.98 Å². The quantitative estimate of drug-likeness (QED) is 0.369. The summed E-state index contributed by atoms with van der Waals surface area (Å²) < 4.78 is 0. The number of aldehydes is 2. The first-order chi connectivity index (χ1) is 4.81. The van der Waals surface area contributed by atoms with Gasteiger partial charge in [0.15, 0.2) is 12.6 Å². The average Bonchev–Trinajstić information content (AvgIpc) is 2.40. The lowest BCUT2D eigenvalue weighted by Crippen LogP contribution is -1.70. The predicted molar refractivity (Wildman–Crippen MR) is 34.5 cm³/mol. The largest absolute Gasteiger partial charge is 0.367 e. The summed E-state index contributed by atoms with van der Waals surface area (Å²) in [6, 6.07) is -0.407. The Bertz CT molecular complexity index is 175. The minimum atomic E-state index is -0.407. The lowest BCUT2D eigenvalue weighted by atomic mass is 10.9. The molecule has 0 N–H and O–H groups in total. The Kier molecular flexibility index (Phi) is 4.58. The van der Waals surface area contributed by atoms with Crippen LogP contribution in [0.4, 0.5) is 4.79 Å². The van der Waals surface area contributed by atoms with E-state index in [4.69, 9.17) is 9.59 Å². The van der Waals surface area contributed by atoms with Gasteiger partial charge in [-0.3, -0.25) is 9.59 Å². The topological polar surface area (TPSA) is 75.9 Å². The predicted octanol–water partition coefficient (Wildman–Crippen LogP) is -0.354. The molecule has 1 aliphatic rings. The second-order valence-corrected chi connectivity index (χ2v) is 1.11. The van der Waals surface area contributed by atoms with Gasteiger partial charge in [0.25, 0.3) is 0 Å². The fourth-order valence-electron chi connectivity index (χ4n) is 0.228. The van der Waals surface area contributed by atoms with Crippen molar-refractivity contribution in [2.24, 2.45) is 9.98 Å². The highest BCUT2D eigenvalue weighted by Gasteiger charge is 1.91. The van der Waals surface area contributed by atoms with E-state index in [1.807, 2.05) is 0 Å². The molecule has 0 atom stereocenters. The molecule has 0 aromatic carbocycles. The maximum absolute atomic E-state index is 9.85. The molecule has 1 rings (SSSR count). The van der Waals surface area contributed by atoms with Crippen LogP contribution in [0.5, 0.6) is 0 Å².